The highest BCUT2D eigenvalue weighted by Gasteiger charge is 2.29. The molecule has 1 amide bonds. The van der Waals surface area contributed by atoms with Crippen molar-refractivity contribution in [2.45, 2.75) is 32.7 Å². The Morgan fingerprint density at radius 3 is 2.46 bits per heavy atom. The fourth-order valence-corrected chi connectivity index (χ4v) is 4.12. The number of amides is 1. The van der Waals surface area contributed by atoms with E-state index in [1.165, 1.54) is 6.92 Å². The Hall–Kier alpha value is -2.48. The number of sulfonamides is 1. The molecule has 0 radical (unpaired) electrons. The van der Waals surface area contributed by atoms with E-state index < -0.39 is 33.6 Å². The van der Waals surface area contributed by atoms with Crippen LogP contribution in [0.25, 0.3) is 0 Å². The van der Waals surface area contributed by atoms with E-state index in [2.05, 4.69) is 11.4 Å². The van der Waals surface area contributed by atoms with Crippen LogP contribution in [0.15, 0.2) is 42.5 Å². The lowest BCUT2D eigenvalue weighted by atomic mass is 10.1. The second-order valence-corrected chi connectivity index (χ2v) is 8.58. The van der Waals surface area contributed by atoms with Crippen LogP contribution >= 0.6 is 0 Å². The second-order valence-electron chi connectivity index (χ2n) is 6.72. The molecule has 0 bridgehead atoms. The monoisotopic (exact) mass is 410 g/mol. The van der Waals surface area contributed by atoms with Gasteiger partial charge < -0.3 is 5.32 Å². The van der Waals surface area contributed by atoms with Crippen molar-refractivity contribution in [3.63, 3.8) is 0 Å². The summed E-state index contributed by atoms with van der Waals surface area (Å²) >= 11 is 0. The molecule has 1 unspecified atom stereocenters. The lowest BCUT2D eigenvalue weighted by Crippen LogP contribution is -2.48. The quantitative estimate of drug-likeness (QED) is 0.680. The minimum atomic E-state index is -3.89. The molecule has 0 fully saturated rings. The zero-order valence-corrected chi connectivity index (χ0v) is 16.9. The van der Waals surface area contributed by atoms with Crippen molar-refractivity contribution in [1.82, 2.24) is 5.32 Å². The highest BCUT2D eigenvalue weighted by atomic mass is 32.2. The van der Waals surface area contributed by atoms with Crippen LogP contribution < -0.4 is 9.62 Å². The first-order valence-corrected chi connectivity index (χ1v) is 10.7. The van der Waals surface area contributed by atoms with E-state index in [4.69, 9.17) is 0 Å². The van der Waals surface area contributed by atoms with Crippen LogP contribution in [0.4, 0.5) is 14.5 Å². The Morgan fingerprint density at radius 1 is 1.14 bits per heavy atom. The van der Waals surface area contributed by atoms with Gasteiger partial charge in [0, 0.05) is 12.6 Å². The minimum Gasteiger partial charge on any atom is -0.354 e. The van der Waals surface area contributed by atoms with Gasteiger partial charge in [-0.3, -0.25) is 9.10 Å². The van der Waals surface area contributed by atoms with Gasteiger partial charge in [0.25, 0.3) is 0 Å². The highest BCUT2D eigenvalue weighted by molar-refractivity contribution is 7.92. The maximum absolute atomic E-state index is 13.5. The van der Waals surface area contributed by atoms with E-state index in [0.29, 0.717) is 13.0 Å². The van der Waals surface area contributed by atoms with Crippen molar-refractivity contribution in [3.05, 3.63) is 65.2 Å². The van der Waals surface area contributed by atoms with Crippen LogP contribution in [0.1, 0.15) is 24.5 Å². The standard InChI is InChI=1S/C20H24F2N2O3S/c1-14-6-4-7-16(12-14)8-5-11-23-20(25)15(2)24(28(3,26)27)17-9-10-18(21)19(22)13-17/h4,6-7,9-10,12-13,15H,5,8,11H2,1-3H3,(H,23,25). The number of anilines is 1. The number of nitrogens with zero attached hydrogens (tertiary/aromatic N) is 1. The molecule has 0 saturated heterocycles. The third kappa shape index (κ3) is 5.76. The van der Waals surface area contributed by atoms with Gasteiger partial charge in [0.05, 0.1) is 11.9 Å². The van der Waals surface area contributed by atoms with Gasteiger partial charge in [-0.25, -0.2) is 17.2 Å². The number of carbonyl (C=O) groups excluding carboxylic acids is 1. The topological polar surface area (TPSA) is 66.5 Å². The van der Waals surface area contributed by atoms with Crippen molar-refractivity contribution < 1.29 is 22.0 Å². The molecular formula is C20H24F2N2O3S. The van der Waals surface area contributed by atoms with E-state index >= 15 is 0 Å². The molecule has 0 aliphatic heterocycles. The number of rotatable bonds is 8. The molecule has 0 aromatic heterocycles. The Morgan fingerprint density at radius 2 is 1.86 bits per heavy atom. The number of carbonyl (C=O) groups is 1. The van der Waals surface area contributed by atoms with Gasteiger partial charge in [-0.05, 0) is 44.4 Å². The highest BCUT2D eigenvalue weighted by Crippen LogP contribution is 2.23. The molecule has 2 aromatic rings. The maximum atomic E-state index is 13.5. The van der Waals surface area contributed by atoms with Crippen LogP contribution in [-0.2, 0) is 21.2 Å². The van der Waals surface area contributed by atoms with Gasteiger partial charge in [0.1, 0.15) is 6.04 Å². The van der Waals surface area contributed by atoms with Crippen LogP contribution in [0.2, 0.25) is 0 Å². The first kappa shape index (κ1) is 21.8. The van der Waals surface area contributed by atoms with Gasteiger partial charge in [-0.1, -0.05) is 29.8 Å². The van der Waals surface area contributed by atoms with E-state index in [1.54, 1.807) is 0 Å². The molecular weight excluding hydrogens is 386 g/mol. The summed E-state index contributed by atoms with van der Waals surface area (Å²) in [5.41, 5.74) is 2.20. The van der Waals surface area contributed by atoms with Crippen molar-refractivity contribution in [2.75, 3.05) is 17.1 Å². The van der Waals surface area contributed by atoms with Crippen molar-refractivity contribution >= 4 is 21.6 Å². The van der Waals surface area contributed by atoms with E-state index in [9.17, 15) is 22.0 Å². The Balaban J connectivity index is 2.02. The second kappa shape index (κ2) is 9.14. The van der Waals surface area contributed by atoms with Gasteiger partial charge in [0.2, 0.25) is 15.9 Å². The van der Waals surface area contributed by atoms with Crippen LogP contribution in [0.3, 0.4) is 0 Å². The van der Waals surface area contributed by atoms with E-state index in [0.717, 1.165) is 46.3 Å². The first-order valence-electron chi connectivity index (χ1n) is 8.87. The van der Waals surface area contributed by atoms with Gasteiger partial charge in [-0.2, -0.15) is 0 Å². The van der Waals surface area contributed by atoms with E-state index in [1.807, 2.05) is 25.1 Å². The average molecular weight is 410 g/mol. The average Bonchev–Trinajstić information content (AvgIpc) is 2.60. The Labute approximate surface area is 164 Å². The molecule has 0 spiro atoms. The molecule has 0 aliphatic carbocycles. The summed E-state index contributed by atoms with van der Waals surface area (Å²) in [6.07, 6.45) is 2.37. The fraction of sp³-hybridized carbons (Fsp3) is 0.350. The van der Waals surface area contributed by atoms with Crippen LogP contribution in [-0.4, -0.2) is 33.2 Å². The largest absolute Gasteiger partial charge is 0.354 e. The van der Waals surface area contributed by atoms with Crippen LogP contribution in [0.5, 0.6) is 0 Å². The molecule has 2 rings (SSSR count). The molecule has 0 saturated carbocycles. The third-order valence-electron chi connectivity index (χ3n) is 4.27. The maximum Gasteiger partial charge on any atom is 0.243 e. The molecule has 152 valence electrons. The van der Waals surface area contributed by atoms with Crippen molar-refractivity contribution in [3.8, 4) is 0 Å². The zero-order chi connectivity index (χ0) is 20.9. The van der Waals surface area contributed by atoms with Gasteiger partial charge >= 0.3 is 0 Å². The summed E-state index contributed by atoms with van der Waals surface area (Å²) in [6.45, 7) is 3.77. The van der Waals surface area contributed by atoms with Crippen LogP contribution in [0, 0.1) is 18.6 Å². The number of hydrogen-bond acceptors (Lipinski definition) is 3. The normalized spacial score (nSPS) is 12.5. The smallest absolute Gasteiger partial charge is 0.243 e. The summed E-state index contributed by atoms with van der Waals surface area (Å²) < 4.78 is 51.8. The number of nitrogens with one attached hydrogen (secondary N) is 1. The first-order chi connectivity index (χ1) is 13.1. The van der Waals surface area contributed by atoms with Gasteiger partial charge in [-0.15, -0.1) is 0 Å². The molecule has 5 nitrogen and oxygen atoms in total. The number of halogens is 2. The number of aryl methyl sites for hydroxylation is 2. The number of hydrogen-bond donors (Lipinski definition) is 1. The summed E-state index contributed by atoms with van der Waals surface area (Å²) in [7, 11) is -3.89. The van der Waals surface area contributed by atoms with E-state index in [-0.39, 0.29) is 5.69 Å². The fourth-order valence-electron chi connectivity index (χ4n) is 2.95. The molecule has 28 heavy (non-hydrogen) atoms. The summed E-state index contributed by atoms with van der Waals surface area (Å²) in [5.74, 6) is -2.79. The lowest BCUT2D eigenvalue weighted by Gasteiger charge is -2.28. The SMILES string of the molecule is Cc1cccc(CCCNC(=O)C(C)N(c2ccc(F)c(F)c2)S(C)(=O)=O)c1. The summed E-state index contributed by atoms with van der Waals surface area (Å²) in [6, 6.07) is 9.65. The molecule has 0 heterocycles. The predicted octanol–water partition coefficient (Wildman–Crippen LogP) is 3.18. The summed E-state index contributed by atoms with van der Waals surface area (Å²) in [5, 5.41) is 2.70. The van der Waals surface area contributed by atoms with Gasteiger partial charge in [0.15, 0.2) is 11.6 Å². The lowest BCUT2D eigenvalue weighted by molar-refractivity contribution is -0.121. The van der Waals surface area contributed by atoms with Crippen molar-refractivity contribution in [2.24, 2.45) is 0 Å². The number of benzene rings is 2. The Kier molecular flexibility index (Phi) is 7.12. The molecule has 1 N–H and O–H groups in total. The molecule has 8 heteroatoms. The minimum absolute atomic E-state index is 0.108. The zero-order valence-electron chi connectivity index (χ0n) is 16.1. The molecule has 1 atom stereocenters. The molecule has 2 aromatic carbocycles. The summed E-state index contributed by atoms with van der Waals surface area (Å²) in [4.78, 5) is 12.4. The molecule has 0 aliphatic rings. The third-order valence-corrected chi connectivity index (χ3v) is 5.51. The predicted molar refractivity (Wildman–Crippen MR) is 106 cm³/mol. The van der Waals surface area contributed by atoms with Crippen molar-refractivity contribution in [1.29, 1.82) is 0 Å². The Bertz CT molecular complexity index is 948.